The fraction of sp³-hybridized carbons (Fsp3) is 0.684. The van der Waals surface area contributed by atoms with Crippen molar-refractivity contribution in [2.75, 3.05) is 6.61 Å². The maximum absolute atomic E-state index is 12.6. The van der Waals surface area contributed by atoms with E-state index in [1.807, 2.05) is 13.0 Å². The van der Waals surface area contributed by atoms with Crippen LogP contribution in [0.15, 0.2) is 16.7 Å². The van der Waals surface area contributed by atoms with Crippen molar-refractivity contribution >= 4 is 21.9 Å². The van der Waals surface area contributed by atoms with Crippen molar-refractivity contribution in [3.05, 3.63) is 22.3 Å². The second kappa shape index (κ2) is 7.42. The van der Waals surface area contributed by atoms with Crippen LogP contribution in [0.5, 0.6) is 5.88 Å². The van der Waals surface area contributed by atoms with Crippen molar-refractivity contribution in [2.24, 2.45) is 16.7 Å². The summed E-state index contributed by atoms with van der Waals surface area (Å²) in [4.78, 5) is 16.8. The fourth-order valence-electron chi connectivity index (χ4n) is 4.08. The summed E-state index contributed by atoms with van der Waals surface area (Å²) in [6.07, 6.45) is 4.59. The maximum atomic E-state index is 12.6. The lowest BCUT2D eigenvalue weighted by atomic mass is 9.61. The van der Waals surface area contributed by atoms with Crippen molar-refractivity contribution < 1.29 is 14.3 Å². The van der Waals surface area contributed by atoms with Gasteiger partial charge in [0.25, 0.3) is 0 Å². The van der Waals surface area contributed by atoms with E-state index in [0.717, 1.165) is 29.3 Å². The lowest BCUT2D eigenvalue weighted by Crippen LogP contribution is -2.37. The van der Waals surface area contributed by atoms with Gasteiger partial charge in [0.05, 0.1) is 12.5 Å². The van der Waals surface area contributed by atoms with E-state index < -0.39 is 0 Å². The van der Waals surface area contributed by atoms with E-state index in [0.29, 0.717) is 12.5 Å². The summed E-state index contributed by atoms with van der Waals surface area (Å²) in [5, 5.41) is 0. The molecule has 0 atom stereocenters. The van der Waals surface area contributed by atoms with Crippen LogP contribution in [0.25, 0.3) is 0 Å². The molecule has 5 heteroatoms. The van der Waals surface area contributed by atoms with E-state index in [9.17, 15) is 4.79 Å². The van der Waals surface area contributed by atoms with E-state index in [-0.39, 0.29) is 29.3 Å². The maximum Gasteiger partial charge on any atom is 0.309 e. The number of hydrogen-bond donors (Lipinski definition) is 0. The molecule has 2 rings (SSSR count). The first-order chi connectivity index (χ1) is 11.1. The number of carbonyl (C=O) groups is 1. The minimum atomic E-state index is -0.0995. The highest BCUT2D eigenvalue weighted by molar-refractivity contribution is 9.10. The summed E-state index contributed by atoms with van der Waals surface area (Å²) in [5.74, 6) is 0.417. The minimum Gasteiger partial charge on any atom is -0.478 e. The number of rotatable bonds is 5. The summed E-state index contributed by atoms with van der Waals surface area (Å²) < 4.78 is 11.8. The Labute approximate surface area is 153 Å². The number of carbonyl (C=O) groups excluding carboxylic acids is 1. The van der Waals surface area contributed by atoms with Crippen molar-refractivity contribution in [1.82, 2.24) is 4.98 Å². The number of halogens is 1. The first-order valence-corrected chi connectivity index (χ1v) is 9.35. The summed E-state index contributed by atoms with van der Waals surface area (Å²) in [7, 11) is 0. The quantitative estimate of drug-likeness (QED) is 0.645. The standard InChI is InChI=1S/C19H28BrNO3/c1-6-23-16-7-13(15(20)10-21-16)11-24-17(22)14-8-18(2,3)12-19(4,5)9-14/h7,10,14H,6,8-9,11-12H2,1-5H3. The summed E-state index contributed by atoms with van der Waals surface area (Å²) in [6, 6.07) is 1.82. The molecule has 0 aliphatic heterocycles. The zero-order valence-corrected chi connectivity index (χ0v) is 16.9. The Balaban J connectivity index is 2.01. The molecule has 1 heterocycles. The van der Waals surface area contributed by atoms with Gasteiger partial charge in [-0.05, 0) is 52.9 Å². The Kier molecular flexibility index (Phi) is 5.95. The van der Waals surface area contributed by atoms with Gasteiger partial charge in [-0.15, -0.1) is 0 Å². The number of esters is 1. The second-order valence-electron chi connectivity index (χ2n) is 8.27. The van der Waals surface area contributed by atoms with Gasteiger partial charge in [-0.2, -0.15) is 0 Å². The SMILES string of the molecule is CCOc1cc(COC(=O)C2CC(C)(C)CC(C)(C)C2)c(Br)cn1. The lowest BCUT2D eigenvalue weighted by Gasteiger charge is -2.44. The van der Waals surface area contributed by atoms with Crippen LogP contribution in [0.4, 0.5) is 0 Å². The van der Waals surface area contributed by atoms with Crippen molar-refractivity contribution in [2.45, 2.75) is 60.5 Å². The highest BCUT2D eigenvalue weighted by atomic mass is 79.9. The summed E-state index contributed by atoms with van der Waals surface area (Å²) >= 11 is 3.45. The molecule has 0 saturated heterocycles. The first-order valence-electron chi connectivity index (χ1n) is 8.56. The average molecular weight is 398 g/mol. The van der Waals surface area contributed by atoms with Gasteiger partial charge in [-0.25, -0.2) is 4.98 Å². The van der Waals surface area contributed by atoms with Crippen LogP contribution in [0.3, 0.4) is 0 Å². The molecule has 1 saturated carbocycles. The van der Waals surface area contributed by atoms with Gasteiger partial charge < -0.3 is 9.47 Å². The highest BCUT2D eigenvalue weighted by Gasteiger charge is 2.41. The third-order valence-electron chi connectivity index (χ3n) is 4.46. The average Bonchev–Trinajstić information content (AvgIpc) is 2.44. The van der Waals surface area contributed by atoms with E-state index in [1.54, 1.807) is 6.20 Å². The van der Waals surface area contributed by atoms with E-state index in [1.165, 1.54) is 0 Å². The molecule has 4 nitrogen and oxygen atoms in total. The van der Waals surface area contributed by atoms with Gasteiger partial charge >= 0.3 is 5.97 Å². The van der Waals surface area contributed by atoms with Crippen LogP contribution < -0.4 is 4.74 Å². The molecule has 134 valence electrons. The van der Waals surface area contributed by atoms with Crippen LogP contribution in [-0.4, -0.2) is 17.6 Å². The molecule has 1 fully saturated rings. The normalized spacial score (nSPS) is 19.8. The molecular weight excluding hydrogens is 370 g/mol. The van der Waals surface area contributed by atoms with Crippen molar-refractivity contribution in [1.29, 1.82) is 0 Å². The zero-order valence-electron chi connectivity index (χ0n) is 15.3. The monoisotopic (exact) mass is 397 g/mol. The second-order valence-corrected chi connectivity index (χ2v) is 9.12. The van der Waals surface area contributed by atoms with E-state index in [2.05, 4.69) is 48.6 Å². The topological polar surface area (TPSA) is 48.4 Å². The van der Waals surface area contributed by atoms with Gasteiger partial charge in [0, 0.05) is 22.3 Å². The smallest absolute Gasteiger partial charge is 0.309 e. The number of nitrogens with zero attached hydrogens (tertiary/aromatic N) is 1. The molecule has 1 aliphatic carbocycles. The molecule has 0 radical (unpaired) electrons. The number of hydrogen-bond acceptors (Lipinski definition) is 4. The highest BCUT2D eigenvalue weighted by Crippen LogP contribution is 2.48. The Morgan fingerprint density at radius 3 is 2.50 bits per heavy atom. The van der Waals surface area contributed by atoms with Gasteiger partial charge in [0.1, 0.15) is 6.61 Å². The van der Waals surface area contributed by atoms with E-state index >= 15 is 0 Å². The van der Waals surface area contributed by atoms with Gasteiger partial charge in [-0.3, -0.25) is 4.79 Å². The first kappa shape index (κ1) is 19.2. The molecule has 0 unspecified atom stereocenters. The number of aromatic nitrogens is 1. The molecule has 1 aliphatic rings. The number of pyridine rings is 1. The molecule has 24 heavy (non-hydrogen) atoms. The Hall–Kier alpha value is -1.10. The van der Waals surface area contributed by atoms with Gasteiger partial charge in [-0.1, -0.05) is 27.7 Å². The van der Waals surface area contributed by atoms with Crippen molar-refractivity contribution in [3.8, 4) is 5.88 Å². The fourth-order valence-corrected chi connectivity index (χ4v) is 4.41. The van der Waals surface area contributed by atoms with Crippen molar-refractivity contribution in [3.63, 3.8) is 0 Å². The summed E-state index contributed by atoms with van der Waals surface area (Å²) in [6.45, 7) is 11.7. The van der Waals surface area contributed by atoms with Gasteiger partial charge in [0.15, 0.2) is 0 Å². The minimum absolute atomic E-state index is 0.0317. The van der Waals surface area contributed by atoms with Crippen LogP contribution >= 0.6 is 15.9 Å². The zero-order chi connectivity index (χ0) is 18.0. The van der Waals surface area contributed by atoms with Gasteiger partial charge in [0.2, 0.25) is 5.88 Å². The van der Waals surface area contributed by atoms with E-state index in [4.69, 9.17) is 9.47 Å². The number of ether oxygens (including phenoxy) is 2. The molecule has 0 N–H and O–H groups in total. The molecule has 0 bridgehead atoms. The van der Waals surface area contributed by atoms with Crippen LogP contribution in [0.2, 0.25) is 0 Å². The Morgan fingerprint density at radius 2 is 1.92 bits per heavy atom. The third-order valence-corrected chi connectivity index (χ3v) is 5.17. The van der Waals surface area contributed by atoms with Crippen LogP contribution in [0, 0.1) is 16.7 Å². The van der Waals surface area contributed by atoms with Crippen LogP contribution in [0.1, 0.15) is 59.4 Å². The molecular formula is C19H28BrNO3. The predicted octanol–water partition coefficient (Wildman–Crippen LogP) is 5.14. The molecule has 0 amide bonds. The van der Waals surface area contributed by atoms with Crippen LogP contribution in [-0.2, 0) is 16.1 Å². The Bertz CT molecular complexity index is 582. The Morgan fingerprint density at radius 1 is 1.29 bits per heavy atom. The molecule has 1 aromatic rings. The molecule has 0 spiro atoms. The third kappa shape index (κ3) is 5.20. The largest absolute Gasteiger partial charge is 0.478 e. The molecule has 0 aromatic carbocycles. The lowest BCUT2D eigenvalue weighted by molar-refractivity contribution is -0.154. The summed E-state index contributed by atoms with van der Waals surface area (Å²) in [5.41, 5.74) is 1.21. The predicted molar refractivity (Wildman–Crippen MR) is 97.8 cm³/mol. The molecule has 1 aromatic heterocycles.